The van der Waals surface area contributed by atoms with E-state index in [2.05, 4.69) is 15.3 Å². The highest BCUT2D eigenvalue weighted by atomic mass is 32.1. The molecule has 0 aliphatic rings. The number of amides is 1. The van der Waals surface area contributed by atoms with Crippen molar-refractivity contribution in [2.45, 2.75) is 20.0 Å². The van der Waals surface area contributed by atoms with Crippen LogP contribution in [0.3, 0.4) is 0 Å². The molecule has 0 saturated carbocycles. The summed E-state index contributed by atoms with van der Waals surface area (Å²) >= 11 is 5.30. The molecule has 8 heteroatoms. The Kier molecular flexibility index (Phi) is 4.80. The minimum atomic E-state index is -0.0466. The SMILES string of the molecule is Cc1ccc(-c2n[nH]c(=S)n2CC(=O)N(C)Cc2cnn(C)c2)cc1. The Labute approximate surface area is 150 Å². The Hall–Kier alpha value is -2.74. The molecule has 0 atom stereocenters. The second-order valence-electron chi connectivity index (χ2n) is 6.08. The molecular formula is C17H20N6OS. The molecule has 3 rings (SSSR count). The van der Waals surface area contributed by atoms with Gasteiger partial charge in [0.2, 0.25) is 5.91 Å². The van der Waals surface area contributed by atoms with Crippen molar-refractivity contribution in [1.82, 2.24) is 29.4 Å². The van der Waals surface area contributed by atoms with Gasteiger partial charge in [-0.3, -0.25) is 19.1 Å². The fraction of sp³-hybridized carbons (Fsp3) is 0.294. The zero-order chi connectivity index (χ0) is 18.0. The third-order valence-electron chi connectivity index (χ3n) is 3.97. The first-order valence-electron chi connectivity index (χ1n) is 7.88. The second kappa shape index (κ2) is 7.02. The van der Waals surface area contributed by atoms with Crippen LogP contribution in [0.1, 0.15) is 11.1 Å². The number of aromatic amines is 1. The van der Waals surface area contributed by atoms with E-state index in [-0.39, 0.29) is 12.5 Å². The van der Waals surface area contributed by atoms with Crippen LogP contribution in [-0.4, -0.2) is 42.4 Å². The van der Waals surface area contributed by atoms with Crippen molar-refractivity contribution in [2.24, 2.45) is 7.05 Å². The monoisotopic (exact) mass is 356 g/mol. The topological polar surface area (TPSA) is 71.7 Å². The van der Waals surface area contributed by atoms with Crippen LogP contribution in [0.5, 0.6) is 0 Å². The lowest BCUT2D eigenvalue weighted by Gasteiger charge is -2.17. The number of nitrogens with one attached hydrogen (secondary N) is 1. The number of benzene rings is 1. The van der Waals surface area contributed by atoms with Gasteiger partial charge in [-0.1, -0.05) is 29.8 Å². The van der Waals surface area contributed by atoms with Crippen molar-refractivity contribution >= 4 is 18.1 Å². The van der Waals surface area contributed by atoms with Gasteiger partial charge in [0.25, 0.3) is 0 Å². The molecule has 3 aromatic rings. The van der Waals surface area contributed by atoms with Gasteiger partial charge in [-0.05, 0) is 19.1 Å². The molecule has 1 N–H and O–H groups in total. The number of hydrogen-bond donors (Lipinski definition) is 1. The lowest BCUT2D eigenvalue weighted by Crippen LogP contribution is -2.30. The van der Waals surface area contributed by atoms with E-state index in [0.717, 1.165) is 16.7 Å². The van der Waals surface area contributed by atoms with E-state index in [9.17, 15) is 4.79 Å². The van der Waals surface area contributed by atoms with Crippen LogP contribution in [-0.2, 0) is 24.9 Å². The average molecular weight is 356 g/mol. The number of rotatable bonds is 5. The van der Waals surface area contributed by atoms with Gasteiger partial charge in [0.15, 0.2) is 10.6 Å². The van der Waals surface area contributed by atoms with Gasteiger partial charge in [0.1, 0.15) is 6.54 Å². The molecule has 0 fully saturated rings. The lowest BCUT2D eigenvalue weighted by atomic mass is 10.1. The molecule has 1 aromatic carbocycles. The van der Waals surface area contributed by atoms with Crippen LogP contribution < -0.4 is 0 Å². The standard InChI is InChI=1S/C17H20N6OS/c1-12-4-6-14(7-5-12)16-19-20-17(25)23(16)11-15(24)21(2)9-13-8-18-22(3)10-13/h4-8,10H,9,11H2,1-3H3,(H,20,25). The fourth-order valence-corrected chi connectivity index (χ4v) is 2.76. The summed E-state index contributed by atoms with van der Waals surface area (Å²) < 4.78 is 3.87. The normalized spacial score (nSPS) is 10.8. The first-order chi connectivity index (χ1) is 11.9. The van der Waals surface area contributed by atoms with Gasteiger partial charge in [-0.2, -0.15) is 10.2 Å². The molecule has 0 radical (unpaired) electrons. The number of likely N-dealkylation sites (N-methyl/N-ethyl adjacent to an activating group) is 1. The predicted octanol–water partition coefficient (Wildman–Crippen LogP) is 2.31. The largest absolute Gasteiger partial charge is 0.340 e. The molecule has 0 aliphatic carbocycles. The predicted molar refractivity (Wildman–Crippen MR) is 97.3 cm³/mol. The van der Waals surface area contributed by atoms with E-state index in [4.69, 9.17) is 12.2 Å². The van der Waals surface area contributed by atoms with Gasteiger partial charge in [-0.15, -0.1) is 0 Å². The van der Waals surface area contributed by atoms with Crippen LogP contribution in [0.25, 0.3) is 11.4 Å². The number of aromatic nitrogens is 5. The zero-order valence-electron chi connectivity index (χ0n) is 14.4. The molecule has 1 amide bonds. The molecule has 0 saturated heterocycles. The highest BCUT2D eigenvalue weighted by Crippen LogP contribution is 2.18. The molecular weight excluding hydrogens is 336 g/mol. The van der Waals surface area contributed by atoms with E-state index >= 15 is 0 Å². The van der Waals surface area contributed by atoms with E-state index in [0.29, 0.717) is 17.1 Å². The molecule has 25 heavy (non-hydrogen) atoms. The maximum Gasteiger partial charge on any atom is 0.242 e. The number of H-pyrrole nitrogens is 1. The number of hydrogen-bond acceptors (Lipinski definition) is 4. The highest BCUT2D eigenvalue weighted by Gasteiger charge is 2.16. The Morgan fingerprint density at radius 3 is 2.68 bits per heavy atom. The van der Waals surface area contributed by atoms with Gasteiger partial charge in [-0.25, -0.2) is 0 Å². The lowest BCUT2D eigenvalue weighted by molar-refractivity contribution is -0.131. The average Bonchev–Trinajstić information content (AvgIpc) is 3.15. The highest BCUT2D eigenvalue weighted by molar-refractivity contribution is 7.71. The van der Waals surface area contributed by atoms with E-state index in [1.54, 1.807) is 27.4 Å². The Morgan fingerprint density at radius 1 is 1.32 bits per heavy atom. The molecule has 0 bridgehead atoms. The van der Waals surface area contributed by atoms with Crippen LogP contribution in [0, 0.1) is 11.7 Å². The molecule has 0 spiro atoms. The van der Waals surface area contributed by atoms with Crippen LogP contribution >= 0.6 is 12.2 Å². The van der Waals surface area contributed by atoms with E-state index in [1.165, 1.54) is 0 Å². The maximum atomic E-state index is 12.6. The molecule has 0 aliphatic heterocycles. The van der Waals surface area contributed by atoms with Gasteiger partial charge in [0, 0.05) is 38.0 Å². The quantitative estimate of drug-likeness (QED) is 0.712. The summed E-state index contributed by atoms with van der Waals surface area (Å²) in [5.41, 5.74) is 3.06. The third-order valence-corrected chi connectivity index (χ3v) is 4.28. The minimum Gasteiger partial charge on any atom is -0.340 e. The zero-order valence-corrected chi connectivity index (χ0v) is 15.2. The van der Waals surface area contributed by atoms with Gasteiger partial charge in [0.05, 0.1) is 6.20 Å². The molecule has 2 aromatic heterocycles. The van der Waals surface area contributed by atoms with Crippen molar-refractivity contribution in [2.75, 3.05) is 7.05 Å². The second-order valence-corrected chi connectivity index (χ2v) is 6.46. The number of carbonyl (C=O) groups excluding carboxylic acids is 1. The molecule has 7 nitrogen and oxygen atoms in total. The van der Waals surface area contributed by atoms with Crippen molar-refractivity contribution in [1.29, 1.82) is 0 Å². The van der Waals surface area contributed by atoms with Crippen LogP contribution in [0.4, 0.5) is 0 Å². The Morgan fingerprint density at radius 2 is 2.04 bits per heavy atom. The Bertz CT molecular complexity index is 937. The number of carbonyl (C=O) groups is 1. The van der Waals surface area contributed by atoms with Gasteiger partial charge < -0.3 is 4.90 Å². The Balaban J connectivity index is 1.78. The molecule has 0 unspecified atom stereocenters. The van der Waals surface area contributed by atoms with Gasteiger partial charge >= 0.3 is 0 Å². The van der Waals surface area contributed by atoms with Crippen molar-refractivity contribution in [3.8, 4) is 11.4 Å². The number of nitrogens with zero attached hydrogens (tertiary/aromatic N) is 5. The summed E-state index contributed by atoms with van der Waals surface area (Å²) in [5, 5.41) is 11.2. The fourth-order valence-electron chi connectivity index (χ4n) is 2.56. The molecule has 2 heterocycles. The van der Waals surface area contributed by atoms with Crippen LogP contribution in [0.2, 0.25) is 0 Å². The third kappa shape index (κ3) is 3.85. The summed E-state index contributed by atoms with van der Waals surface area (Å²) in [6.45, 7) is 2.66. The first kappa shape index (κ1) is 17.1. The summed E-state index contributed by atoms with van der Waals surface area (Å²) in [4.78, 5) is 14.3. The van der Waals surface area contributed by atoms with Crippen molar-refractivity contribution < 1.29 is 4.79 Å². The van der Waals surface area contributed by atoms with Crippen molar-refractivity contribution in [3.63, 3.8) is 0 Å². The number of aryl methyl sites for hydroxylation is 2. The van der Waals surface area contributed by atoms with E-state index in [1.807, 2.05) is 44.4 Å². The first-order valence-corrected chi connectivity index (χ1v) is 8.28. The summed E-state index contributed by atoms with van der Waals surface area (Å²) in [5.74, 6) is 0.614. The smallest absolute Gasteiger partial charge is 0.242 e. The van der Waals surface area contributed by atoms with E-state index < -0.39 is 0 Å². The summed E-state index contributed by atoms with van der Waals surface area (Å²) in [7, 11) is 3.62. The summed E-state index contributed by atoms with van der Waals surface area (Å²) in [6, 6.07) is 7.96. The maximum absolute atomic E-state index is 12.6. The summed E-state index contributed by atoms with van der Waals surface area (Å²) in [6.07, 6.45) is 3.65. The van der Waals surface area contributed by atoms with Crippen molar-refractivity contribution in [3.05, 3.63) is 52.6 Å². The van der Waals surface area contributed by atoms with Crippen LogP contribution in [0.15, 0.2) is 36.7 Å². The minimum absolute atomic E-state index is 0.0466. The molecule has 130 valence electrons.